The Morgan fingerprint density at radius 2 is 1.02 bits per heavy atom. The predicted octanol–water partition coefficient (Wildman–Crippen LogP) is 13.8. The zero-order chi connectivity index (χ0) is 34.1. The summed E-state index contributed by atoms with van der Waals surface area (Å²) >= 11 is 0. The van der Waals surface area contributed by atoms with Crippen LogP contribution >= 0.6 is 0 Å². The van der Waals surface area contributed by atoms with Gasteiger partial charge in [0, 0.05) is 27.6 Å². The quantitative estimate of drug-likeness (QED) is 0.184. The summed E-state index contributed by atoms with van der Waals surface area (Å²) in [4.78, 5) is 2.33. The number of fused-ring (bicyclic) bond motifs is 8. The molecule has 0 bridgehead atoms. The largest absolute Gasteiger partial charge is 0.455 e. The van der Waals surface area contributed by atoms with Crippen LogP contribution in [0.4, 0.5) is 17.1 Å². The fourth-order valence-electron chi connectivity index (χ4n) is 8.55. The first-order chi connectivity index (χ1) is 25.1. The van der Waals surface area contributed by atoms with E-state index in [1.165, 1.54) is 49.9 Å². The van der Waals surface area contributed by atoms with Gasteiger partial charge in [-0.3, -0.25) is 0 Å². The Bertz CT molecular complexity index is 2720. The molecule has 0 spiro atoms. The van der Waals surface area contributed by atoms with Crippen LogP contribution in [-0.2, 0) is 5.41 Å². The summed E-state index contributed by atoms with van der Waals surface area (Å²) in [5.74, 6) is 0. The molecule has 242 valence electrons. The Hall–Kier alpha value is -6.38. The minimum atomic E-state index is -0.0736. The van der Waals surface area contributed by atoms with Crippen LogP contribution < -0.4 is 4.90 Å². The average molecular weight is 654 g/mol. The molecule has 0 saturated heterocycles. The number of benzene rings is 8. The Kier molecular flexibility index (Phi) is 6.56. The number of hydrogen-bond acceptors (Lipinski definition) is 2. The highest BCUT2D eigenvalue weighted by atomic mass is 16.3. The first-order valence-electron chi connectivity index (χ1n) is 17.7. The lowest BCUT2D eigenvalue weighted by Crippen LogP contribution is -2.16. The Morgan fingerprint density at radius 1 is 0.451 bits per heavy atom. The molecule has 1 aromatic heterocycles. The van der Waals surface area contributed by atoms with E-state index in [0.29, 0.717) is 0 Å². The smallest absolute Gasteiger partial charge is 0.143 e. The number of hydrogen-bond donors (Lipinski definition) is 0. The van der Waals surface area contributed by atoms with Gasteiger partial charge in [-0.15, -0.1) is 0 Å². The van der Waals surface area contributed by atoms with Gasteiger partial charge in [0.15, 0.2) is 0 Å². The summed E-state index contributed by atoms with van der Waals surface area (Å²) in [6, 6.07) is 63.4. The highest BCUT2D eigenvalue weighted by Gasteiger charge is 2.37. The second kappa shape index (κ2) is 11.3. The van der Waals surface area contributed by atoms with E-state index >= 15 is 0 Å². The van der Waals surface area contributed by atoms with E-state index in [4.69, 9.17) is 4.42 Å². The lowest BCUT2D eigenvalue weighted by atomic mass is 9.79. The highest BCUT2D eigenvalue weighted by Crippen LogP contribution is 2.52. The average Bonchev–Trinajstić information content (AvgIpc) is 3.68. The van der Waals surface area contributed by atoms with Gasteiger partial charge in [0.2, 0.25) is 0 Å². The van der Waals surface area contributed by atoms with Crippen molar-refractivity contribution in [3.8, 4) is 33.4 Å². The molecule has 9 aromatic rings. The molecule has 0 radical (unpaired) electrons. The third-order valence-electron chi connectivity index (χ3n) is 10.8. The third kappa shape index (κ3) is 4.50. The molecule has 1 heterocycles. The van der Waals surface area contributed by atoms with Crippen LogP contribution in [0.3, 0.4) is 0 Å². The van der Waals surface area contributed by atoms with Crippen LogP contribution in [0.25, 0.3) is 66.1 Å². The summed E-state index contributed by atoms with van der Waals surface area (Å²) in [7, 11) is 0. The lowest BCUT2D eigenvalue weighted by molar-refractivity contribution is 0.662. The van der Waals surface area contributed by atoms with Crippen LogP contribution in [0.5, 0.6) is 0 Å². The summed E-state index contributed by atoms with van der Waals surface area (Å²) < 4.78 is 6.76. The third-order valence-corrected chi connectivity index (χ3v) is 10.8. The van der Waals surface area contributed by atoms with Crippen molar-refractivity contribution in [1.29, 1.82) is 0 Å². The molecule has 0 atom stereocenters. The van der Waals surface area contributed by atoms with Gasteiger partial charge in [-0.1, -0.05) is 147 Å². The minimum Gasteiger partial charge on any atom is -0.455 e. The maximum atomic E-state index is 6.76. The molecule has 8 aromatic carbocycles. The summed E-state index contributed by atoms with van der Waals surface area (Å²) in [5.41, 5.74) is 15.4. The van der Waals surface area contributed by atoms with E-state index < -0.39 is 0 Å². The molecule has 0 N–H and O–H groups in total. The van der Waals surface area contributed by atoms with Crippen molar-refractivity contribution in [1.82, 2.24) is 0 Å². The Labute approximate surface area is 297 Å². The fourth-order valence-corrected chi connectivity index (χ4v) is 8.55. The van der Waals surface area contributed by atoms with Crippen molar-refractivity contribution in [3.05, 3.63) is 187 Å². The number of rotatable bonds is 5. The van der Waals surface area contributed by atoms with Gasteiger partial charge in [-0.05, 0) is 92.4 Å². The molecule has 0 fully saturated rings. The van der Waals surface area contributed by atoms with Gasteiger partial charge >= 0.3 is 0 Å². The zero-order valence-electron chi connectivity index (χ0n) is 28.6. The van der Waals surface area contributed by atoms with E-state index in [1.54, 1.807) is 0 Å². The van der Waals surface area contributed by atoms with Crippen molar-refractivity contribution in [2.75, 3.05) is 4.90 Å². The lowest BCUT2D eigenvalue weighted by Gasteiger charge is -2.26. The standard InChI is InChI=1S/C49H35NO/c1-49(2)43-24-12-11-20-38(43)39-23-13-22-36(47(39)49)32-27-29-33(30-28-32)41-31-42-46-44(50(34-15-5-3-6-16-34)35-17-7-4-8-18-35)25-14-26-45(46)51-48(42)40-21-10-9-19-37(40)41/h3-31H,1-2H3. The maximum absolute atomic E-state index is 6.76. The topological polar surface area (TPSA) is 16.4 Å². The number of anilines is 3. The van der Waals surface area contributed by atoms with Gasteiger partial charge in [0.05, 0.1) is 11.1 Å². The molecular formula is C49H35NO. The van der Waals surface area contributed by atoms with Crippen molar-refractivity contribution in [3.63, 3.8) is 0 Å². The molecule has 2 nitrogen and oxygen atoms in total. The second-order valence-corrected chi connectivity index (χ2v) is 14.1. The van der Waals surface area contributed by atoms with Crippen molar-refractivity contribution in [2.24, 2.45) is 0 Å². The number of para-hydroxylation sites is 2. The first kappa shape index (κ1) is 29.5. The molecule has 10 rings (SSSR count). The van der Waals surface area contributed by atoms with E-state index in [9.17, 15) is 0 Å². The predicted molar refractivity (Wildman–Crippen MR) is 214 cm³/mol. The van der Waals surface area contributed by atoms with Gasteiger partial charge in [0.1, 0.15) is 11.2 Å². The molecule has 0 amide bonds. The Balaban J connectivity index is 1.16. The number of nitrogens with zero attached hydrogens (tertiary/aromatic N) is 1. The number of furan rings is 1. The Morgan fingerprint density at radius 3 is 1.75 bits per heavy atom. The summed E-state index contributed by atoms with van der Waals surface area (Å²) in [6.45, 7) is 4.72. The molecule has 1 aliphatic carbocycles. The second-order valence-electron chi connectivity index (χ2n) is 14.1. The molecule has 0 saturated carbocycles. The summed E-state index contributed by atoms with van der Waals surface area (Å²) in [6.07, 6.45) is 0. The molecule has 0 unspecified atom stereocenters. The van der Waals surface area contributed by atoms with Crippen LogP contribution in [0.1, 0.15) is 25.0 Å². The molecule has 51 heavy (non-hydrogen) atoms. The van der Waals surface area contributed by atoms with Crippen molar-refractivity contribution in [2.45, 2.75) is 19.3 Å². The summed E-state index contributed by atoms with van der Waals surface area (Å²) in [5, 5.41) is 4.50. The van der Waals surface area contributed by atoms with Crippen molar-refractivity contribution < 1.29 is 4.42 Å². The van der Waals surface area contributed by atoms with E-state index in [2.05, 4.69) is 195 Å². The SMILES string of the molecule is CC1(C)c2ccccc2-c2cccc(-c3ccc(-c4cc5c(oc6cccc(N(c7ccccc7)c7ccccc7)c65)c5ccccc45)cc3)c21. The molecule has 2 heteroatoms. The van der Waals surface area contributed by atoms with Crippen LogP contribution in [0.2, 0.25) is 0 Å². The van der Waals surface area contributed by atoms with Crippen molar-refractivity contribution >= 4 is 49.8 Å². The van der Waals surface area contributed by atoms with E-state index in [0.717, 1.165) is 44.4 Å². The van der Waals surface area contributed by atoms with Crippen LogP contribution in [0.15, 0.2) is 180 Å². The zero-order valence-corrected chi connectivity index (χ0v) is 28.6. The van der Waals surface area contributed by atoms with Gasteiger partial charge in [-0.2, -0.15) is 0 Å². The minimum absolute atomic E-state index is 0.0736. The van der Waals surface area contributed by atoms with E-state index in [1.807, 2.05) is 0 Å². The van der Waals surface area contributed by atoms with E-state index in [-0.39, 0.29) is 5.41 Å². The van der Waals surface area contributed by atoms with Crippen LogP contribution in [0, 0.1) is 0 Å². The monoisotopic (exact) mass is 653 g/mol. The van der Waals surface area contributed by atoms with Gasteiger partial charge in [0.25, 0.3) is 0 Å². The molecule has 1 aliphatic rings. The highest BCUT2D eigenvalue weighted by molar-refractivity contribution is 6.22. The molecule has 0 aliphatic heterocycles. The normalized spacial score (nSPS) is 13.1. The van der Waals surface area contributed by atoms with Gasteiger partial charge in [-0.25, -0.2) is 0 Å². The molecular weight excluding hydrogens is 619 g/mol. The fraction of sp³-hybridized carbons (Fsp3) is 0.0612. The van der Waals surface area contributed by atoms with Gasteiger partial charge < -0.3 is 9.32 Å². The van der Waals surface area contributed by atoms with Crippen LogP contribution in [-0.4, -0.2) is 0 Å². The maximum Gasteiger partial charge on any atom is 0.143 e. The first-order valence-corrected chi connectivity index (χ1v) is 17.7.